The SMILES string of the molecule is Cc1c(C=O)sc2c1c(=O)n(C1CC1)c(=O)n2CC1CC1(F)F. The predicted octanol–water partition coefficient (Wildman–Crippen LogP) is 2.34. The van der Waals surface area contributed by atoms with Crippen molar-refractivity contribution in [3.8, 4) is 0 Å². The van der Waals surface area contributed by atoms with Gasteiger partial charge >= 0.3 is 5.69 Å². The molecule has 0 spiro atoms. The molecule has 0 aliphatic heterocycles. The molecule has 8 heteroatoms. The van der Waals surface area contributed by atoms with Gasteiger partial charge < -0.3 is 0 Å². The fourth-order valence-electron chi connectivity index (χ4n) is 3.00. The van der Waals surface area contributed by atoms with Crippen LogP contribution in [0.1, 0.15) is 40.5 Å². The summed E-state index contributed by atoms with van der Waals surface area (Å²) in [5.74, 6) is -3.62. The number of carbonyl (C=O) groups excluding carboxylic acids is 1. The van der Waals surface area contributed by atoms with E-state index < -0.39 is 23.1 Å². The second-order valence-corrected chi connectivity index (χ2v) is 7.38. The van der Waals surface area contributed by atoms with Gasteiger partial charge in [0.05, 0.1) is 10.3 Å². The summed E-state index contributed by atoms with van der Waals surface area (Å²) in [7, 11) is 0. The number of carbonyl (C=O) groups is 1. The number of aromatic nitrogens is 2. The van der Waals surface area contributed by atoms with Crippen LogP contribution in [0.25, 0.3) is 10.2 Å². The average Bonchev–Trinajstić information content (AvgIpc) is 3.37. The molecule has 0 radical (unpaired) electrons. The Balaban J connectivity index is 2.01. The molecule has 0 N–H and O–H groups in total. The van der Waals surface area contributed by atoms with Crippen molar-refractivity contribution in [1.82, 2.24) is 9.13 Å². The van der Waals surface area contributed by atoms with Gasteiger partial charge in [-0.15, -0.1) is 11.3 Å². The van der Waals surface area contributed by atoms with E-state index in [1.165, 1.54) is 9.13 Å². The van der Waals surface area contributed by atoms with E-state index in [9.17, 15) is 23.2 Å². The van der Waals surface area contributed by atoms with Crippen LogP contribution in [0, 0.1) is 12.8 Å². The Bertz CT molecular complexity index is 952. The minimum absolute atomic E-state index is 0.117. The van der Waals surface area contributed by atoms with Crippen LogP contribution in [0.15, 0.2) is 9.59 Å². The first-order valence-corrected chi connectivity index (χ1v) is 8.28. The number of thiophene rings is 1. The quantitative estimate of drug-likeness (QED) is 0.803. The van der Waals surface area contributed by atoms with Crippen LogP contribution in [-0.4, -0.2) is 21.3 Å². The highest BCUT2D eigenvalue weighted by atomic mass is 32.1. The largest absolute Gasteiger partial charge is 0.332 e. The summed E-state index contributed by atoms with van der Waals surface area (Å²) in [4.78, 5) is 37.2. The van der Waals surface area contributed by atoms with Crippen molar-refractivity contribution in [2.45, 2.75) is 44.7 Å². The van der Waals surface area contributed by atoms with Gasteiger partial charge in [0.25, 0.3) is 11.5 Å². The maximum atomic E-state index is 13.3. The molecule has 2 saturated carbocycles. The van der Waals surface area contributed by atoms with Gasteiger partial charge in [0.2, 0.25) is 0 Å². The third-order valence-corrected chi connectivity index (χ3v) is 5.90. The minimum Gasteiger partial charge on any atom is -0.297 e. The Morgan fingerprint density at radius 2 is 2.00 bits per heavy atom. The maximum Gasteiger partial charge on any atom is 0.332 e. The van der Waals surface area contributed by atoms with Gasteiger partial charge in [-0.3, -0.25) is 18.7 Å². The van der Waals surface area contributed by atoms with E-state index in [1.807, 2.05) is 0 Å². The topological polar surface area (TPSA) is 61.1 Å². The van der Waals surface area contributed by atoms with Gasteiger partial charge in [0.15, 0.2) is 6.29 Å². The first kappa shape index (κ1) is 14.7. The van der Waals surface area contributed by atoms with E-state index in [0.29, 0.717) is 26.9 Å². The molecule has 0 bridgehead atoms. The molecule has 5 nitrogen and oxygen atoms in total. The summed E-state index contributed by atoms with van der Waals surface area (Å²) in [6.07, 6.45) is 1.88. The second kappa shape index (κ2) is 4.59. The van der Waals surface area contributed by atoms with Crippen LogP contribution in [0.3, 0.4) is 0 Å². The number of fused-ring (bicyclic) bond motifs is 1. The third kappa shape index (κ3) is 2.11. The van der Waals surface area contributed by atoms with Crippen LogP contribution in [0.5, 0.6) is 0 Å². The number of hydrogen-bond donors (Lipinski definition) is 0. The Morgan fingerprint density at radius 3 is 2.52 bits per heavy atom. The summed E-state index contributed by atoms with van der Waals surface area (Å²) < 4.78 is 29.0. The predicted molar refractivity (Wildman–Crippen MR) is 81.8 cm³/mol. The van der Waals surface area contributed by atoms with E-state index >= 15 is 0 Å². The molecule has 23 heavy (non-hydrogen) atoms. The zero-order valence-corrected chi connectivity index (χ0v) is 13.2. The first-order chi connectivity index (χ1) is 10.8. The molecular weight excluding hydrogens is 326 g/mol. The highest BCUT2D eigenvalue weighted by molar-refractivity contribution is 7.20. The summed E-state index contributed by atoms with van der Waals surface area (Å²) in [5, 5.41) is 0.313. The van der Waals surface area contributed by atoms with Gasteiger partial charge in [-0.1, -0.05) is 0 Å². The van der Waals surface area contributed by atoms with Crippen LogP contribution in [0.2, 0.25) is 0 Å². The van der Waals surface area contributed by atoms with Crippen LogP contribution in [0.4, 0.5) is 8.78 Å². The number of rotatable bonds is 4. The molecule has 2 heterocycles. The summed E-state index contributed by atoms with van der Waals surface area (Å²) in [6.45, 7) is 1.54. The Labute approximate surface area is 133 Å². The standard InChI is InChI=1S/C15H14F2N2O3S/c1-7-10(6-20)23-13-11(7)12(21)19(9-2-3-9)14(22)18(13)5-8-4-15(8,16)17/h6,8-9H,2-5H2,1H3. The zero-order chi connectivity index (χ0) is 16.5. The number of halogens is 2. The fourth-order valence-corrected chi connectivity index (χ4v) is 4.11. The molecule has 1 unspecified atom stereocenters. The molecule has 0 saturated heterocycles. The fraction of sp³-hybridized carbons (Fsp3) is 0.533. The van der Waals surface area contributed by atoms with Crippen molar-refractivity contribution < 1.29 is 13.6 Å². The highest BCUT2D eigenvalue weighted by Gasteiger charge is 2.57. The van der Waals surface area contributed by atoms with E-state index in [0.717, 1.165) is 24.2 Å². The van der Waals surface area contributed by atoms with Crippen LogP contribution in [-0.2, 0) is 6.54 Å². The average molecular weight is 340 g/mol. The van der Waals surface area contributed by atoms with E-state index in [1.54, 1.807) is 6.92 Å². The molecule has 2 aliphatic carbocycles. The summed E-state index contributed by atoms with van der Waals surface area (Å²) >= 11 is 1.03. The number of nitrogens with zero attached hydrogens (tertiary/aromatic N) is 2. The van der Waals surface area contributed by atoms with Crippen molar-refractivity contribution in [2.24, 2.45) is 5.92 Å². The molecule has 2 aromatic rings. The lowest BCUT2D eigenvalue weighted by Crippen LogP contribution is -2.39. The summed E-state index contributed by atoms with van der Waals surface area (Å²) in [5.41, 5.74) is -0.421. The van der Waals surface area contributed by atoms with Gasteiger partial charge in [-0.25, -0.2) is 13.6 Å². The van der Waals surface area contributed by atoms with Crippen molar-refractivity contribution >= 4 is 27.8 Å². The lowest BCUT2D eigenvalue weighted by molar-refractivity contribution is 0.0950. The Hall–Kier alpha value is -1.83. The van der Waals surface area contributed by atoms with Gasteiger partial charge in [-0.05, 0) is 25.3 Å². The number of aryl methyl sites for hydroxylation is 1. The maximum absolute atomic E-state index is 13.3. The number of hydrogen-bond acceptors (Lipinski definition) is 4. The molecule has 0 aromatic carbocycles. The van der Waals surface area contributed by atoms with Gasteiger partial charge in [0, 0.05) is 24.9 Å². The van der Waals surface area contributed by atoms with Crippen LogP contribution >= 0.6 is 11.3 Å². The van der Waals surface area contributed by atoms with E-state index in [4.69, 9.17) is 0 Å². The molecule has 122 valence electrons. The van der Waals surface area contributed by atoms with Crippen LogP contribution < -0.4 is 11.2 Å². The lowest BCUT2D eigenvalue weighted by atomic mass is 10.2. The lowest BCUT2D eigenvalue weighted by Gasteiger charge is -2.11. The molecule has 0 amide bonds. The smallest absolute Gasteiger partial charge is 0.297 e. The van der Waals surface area contributed by atoms with Crippen molar-refractivity contribution in [2.75, 3.05) is 0 Å². The molecule has 4 rings (SSSR count). The highest BCUT2D eigenvalue weighted by Crippen LogP contribution is 2.49. The number of aldehydes is 1. The van der Waals surface area contributed by atoms with Gasteiger partial charge in [-0.2, -0.15) is 0 Å². The number of alkyl halides is 2. The monoisotopic (exact) mass is 340 g/mol. The van der Waals surface area contributed by atoms with Crippen molar-refractivity contribution in [3.63, 3.8) is 0 Å². The van der Waals surface area contributed by atoms with E-state index in [2.05, 4.69) is 0 Å². The molecule has 1 atom stereocenters. The molecule has 2 fully saturated rings. The Morgan fingerprint density at radius 1 is 1.35 bits per heavy atom. The van der Waals surface area contributed by atoms with Crippen molar-refractivity contribution in [1.29, 1.82) is 0 Å². The van der Waals surface area contributed by atoms with Gasteiger partial charge in [0.1, 0.15) is 4.83 Å². The Kier molecular flexibility index (Phi) is 2.94. The summed E-state index contributed by atoms with van der Waals surface area (Å²) in [6, 6.07) is -0.149. The normalized spacial score (nSPS) is 22.5. The van der Waals surface area contributed by atoms with Crippen molar-refractivity contribution in [3.05, 3.63) is 31.3 Å². The third-order valence-electron chi connectivity index (χ3n) is 4.66. The molecule has 2 aromatic heterocycles. The molecule has 2 aliphatic rings. The first-order valence-electron chi connectivity index (χ1n) is 7.46. The van der Waals surface area contributed by atoms with E-state index in [-0.39, 0.29) is 19.0 Å². The minimum atomic E-state index is -2.74. The zero-order valence-electron chi connectivity index (χ0n) is 12.3. The molecular formula is C15H14F2N2O3S. The second-order valence-electron chi connectivity index (χ2n) is 6.35.